The fourth-order valence-corrected chi connectivity index (χ4v) is 1.80. The van der Waals surface area contributed by atoms with Crippen LogP contribution in [-0.2, 0) is 6.42 Å². The van der Waals surface area contributed by atoms with E-state index in [0.717, 1.165) is 6.42 Å². The van der Waals surface area contributed by atoms with Crippen molar-refractivity contribution in [1.29, 1.82) is 0 Å². The first-order chi connectivity index (χ1) is 6.33. The summed E-state index contributed by atoms with van der Waals surface area (Å²) in [6, 6.07) is 8.35. The summed E-state index contributed by atoms with van der Waals surface area (Å²) in [7, 11) is 0. The maximum Gasteiger partial charge on any atom is 0.0458 e. The maximum absolute atomic E-state index is 5.57. The third kappa shape index (κ3) is 1.76. The molecule has 1 heterocycles. The minimum atomic E-state index is 0. The molecule has 2 rings (SSSR count). The van der Waals surface area contributed by atoms with E-state index in [1.807, 2.05) is 6.07 Å². The summed E-state index contributed by atoms with van der Waals surface area (Å²) in [5, 5.41) is 1.31. The molecule has 0 fully saturated rings. The first-order valence-corrected chi connectivity index (χ1v) is 4.59. The quantitative estimate of drug-likeness (QED) is 0.786. The molecule has 76 valence electrons. The molecule has 0 radical (unpaired) electrons. The molecule has 0 amide bonds. The molecule has 2 nitrogen and oxygen atoms in total. The molecule has 2 aromatic rings. The SMILES string of the molecule is Cc1[nH]c2ccccc2c1CCN.Cl. The number of hydrogen-bond donors (Lipinski definition) is 2. The van der Waals surface area contributed by atoms with Gasteiger partial charge in [0.2, 0.25) is 0 Å². The van der Waals surface area contributed by atoms with Crippen LogP contribution in [0.15, 0.2) is 24.3 Å². The van der Waals surface area contributed by atoms with Crippen LogP contribution in [-0.4, -0.2) is 11.5 Å². The van der Waals surface area contributed by atoms with Crippen molar-refractivity contribution in [3.63, 3.8) is 0 Å². The Kier molecular flexibility index (Phi) is 3.55. The summed E-state index contributed by atoms with van der Waals surface area (Å²) in [5.41, 5.74) is 9.38. The van der Waals surface area contributed by atoms with E-state index in [0.29, 0.717) is 6.54 Å². The summed E-state index contributed by atoms with van der Waals surface area (Å²) >= 11 is 0. The molecule has 0 unspecified atom stereocenters. The highest BCUT2D eigenvalue weighted by molar-refractivity contribution is 5.85. The normalized spacial score (nSPS) is 10.1. The molecule has 0 bridgehead atoms. The van der Waals surface area contributed by atoms with Gasteiger partial charge in [0.05, 0.1) is 0 Å². The molecule has 1 aromatic heterocycles. The molecule has 3 heteroatoms. The van der Waals surface area contributed by atoms with Crippen molar-refractivity contribution >= 4 is 23.3 Å². The monoisotopic (exact) mass is 210 g/mol. The summed E-state index contributed by atoms with van der Waals surface area (Å²) in [6.07, 6.45) is 0.954. The molecule has 0 aliphatic carbocycles. The number of aromatic nitrogens is 1. The highest BCUT2D eigenvalue weighted by Crippen LogP contribution is 2.21. The second kappa shape index (κ2) is 4.49. The molecule has 0 saturated carbocycles. The van der Waals surface area contributed by atoms with Crippen LogP contribution in [0, 0.1) is 6.92 Å². The van der Waals surface area contributed by atoms with Crippen LogP contribution in [0.4, 0.5) is 0 Å². The van der Waals surface area contributed by atoms with E-state index in [1.165, 1.54) is 22.2 Å². The molecular formula is C11H15ClN2. The number of rotatable bonds is 2. The van der Waals surface area contributed by atoms with Gasteiger partial charge in [0.25, 0.3) is 0 Å². The van der Waals surface area contributed by atoms with Crippen molar-refractivity contribution < 1.29 is 0 Å². The van der Waals surface area contributed by atoms with E-state index in [1.54, 1.807) is 0 Å². The van der Waals surface area contributed by atoms with Crippen molar-refractivity contribution in [2.75, 3.05) is 6.54 Å². The van der Waals surface area contributed by atoms with Crippen LogP contribution >= 0.6 is 12.4 Å². The Morgan fingerprint density at radius 3 is 2.71 bits per heavy atom. The molecular weight excluding hydrogens is 196 g/mol. The van der Waals surface area contributed by atoms with Crippen LogP contribution in [0.2, 0.25) is 0 Å². The van der Waals surface area contributed by atoms with Gasteiger partial charge in [-0.1, -0.05) is 18.2 Å². The largest absolute Gasteiger partial charge is 0.358 e. The highest BCUT2D eigenvalue weighted by atomic mass is 35.5. The molecule has 0 aliphatic rings. The Hall–Kier alpha value is -0.990. The lowest BCUT2D eigenvalue weighted by atomic mass is 10.1. The summed E-state index contributed by atoms with van der Waals surface area (Å²) < 4.78 is 0. The highest BCUT2D eigenvalue weighted by Gasteiger charge is 2.05. The second-order valence-electron chi connectivity index (χ2n) is 3.31. The number of aryl methyl sites for hydroxylation is 1. The fourth-order valence-electron chi connectivity index (χ4n) is 1.80. The fraction of sp³-hybridized carbons (Fsp3) is 0.273. The number of nitrogens with one attached hydrogen (secondary N) is 1. The molecule has 0 atom stereocenters. The van der Waals surface area contributed by atoms with Gasteiger partial charge in [0.15, 0.2) is 0 Å². The average molecular weight is 211 g/mol. The van der Waals surface area contributed by atoms with Crippen LogP contribution in [0.1, 0.15) is 11.3 Å². The van der Waals surface area contributed by atoms with Gasteiger partial charge in [-0.2, -0.15) is 0 Å². The number of benzene rings is 1. The minimum Gasteiger partial charge on any atom is -0.358 e. The number of hydrogen-bond acceptors (Lipinski definition) is 1. The number of halogens is 1. The summed E-state index contributed by atoms with van der Waals surface area (Å²) in [4.78, 5) is 3.36. The third-order valence-corrected chi connectivity index (χ3v) is 2.42. The number of fused-ring (bicyclic) bond motifs is 1. The van der Waals surface area contributed by atoms with Crippen molar-refractivity contribution in [3.05, 3.63) is 35.5 Å². The van der Waals surface area contributed by atoms with E-state index in [2.05, 4.69) is 30.1 Å². The lowest BCUT2D eigenvalue weighted by Crippen LogP contribution is -2.03. The van der Waals surface area contributed by atoms with Crippen LogP contribution in [0.25, 0.3) is 10.9 Å². The smallest absolute Gasteiger partial charge is 0.0458 e. The molecule has 14 heavy (non-hydrogen) atoms. The zero-order valence-electron chi connectivity index (χ0n) is 8.21. The van der Waals surface area contributed by atoms with Crippen LogP contribution in [0.5, 0.6) is 0 Å². The average Bonchev–Trinajstić information content (AvgIpc) is 2.44. The number of aromatic amines is 1. The Labute approximate surface area is 89.9 Å². The Morgan fingerprint density at radius 2 is 2.00 bits per heavy atom. The van der Waals surface area contributed by atoms with Gasteiger partial charge in [-0.25, -0.2) is 0 Å². The zero-order chi connectivity index (χ0) is 9.26. The third-order valence-electron chi connectivity index (χ3n) is 2.42. The maximum atomic E-state index is 5.57. The van der Waals surface area contributed by atoms with Crippen molar-refractivity contribution in [2.45, 2.75) is 13.3 Å². The van der Waals surface area contributed by atoms with Crippen molar-refractivity contribution in [3.8, 4) is 0 Å². The van der Waals surface area contributed by atoms with Crippen molar-refractivity contribution in [2.24, 2.45) is 5.73 Å². The van der Waals surface area contributed by atoms with E-state index in [9.17, 15) is 0 Å². The Balaban J connectivity index is 0.000000980. The van der Waals surface area contributed by atoms with Crippen LogP contribution in [0.3, 0.4) is 0 Å². The van der Waals surface area contributed by atoms with Gasteiger partial charge in [0, 0.05) is 16.6 Å². The van der Waals surface area contributed by atoms with Gasteiger partial charge >= 0.3 is 0 Å². The summed E-state index contributed by atoms with van der Waals surface area (Å²) in [5.74, 6) is 0. The van der Waals surface area contributed by atoms with Crippen molar-refractivity contribution in [1.82, 2.24) is 4.98 Å². The van der Waals surface area contributed by atoms with E-state index in [-0.39, 0.29) is 12.4 Å². The zero-order valence-corrected chi connectivity index (χ0v) is 9.03. The molecule has 0 spiro atoms. The predicted molar refractivity (Wildman–Crippen MR) is 63.0 cm³/mol. The van der Waals surface area contributed by atoms with E-state index in [4.69, 9.17) is 5.73 Å². The summed E-state index contributed by atoms with van der Waals surface area (Å²) in [6.45, 7) is 2.81. The minimum absolute atomic E-state index is 0. The predicted octanol–water partition coefficient (Wildman–Crippen LogP) is 2.40. The van der Waals surface area contributed by atoms with Gasteiger partial charge in [0.1, 0.15) is 0 Å². The molecule has 1 aromatic carbocycles. The van der Waals surface area contributed by atoms with E-state index >= 15 is 0 Å². The standard InChI is InChI=1S/C11H14N2.ClH/c1-8-9(6-7-12)10-4-2-3-5-11(10)13-8;/h2-5,13H,6-7,12H2,1H3;1H. The lowest BCUT2D eigenvalue weighted by Gasteiger charge is -1.96. The second-order valence-corrected chi connectivity index (χ2v) is 3.31. The first-order valence-electron chi connectivity index (χ1n) is 4.59. The number of nitrogens with two attached hydrogens (primary N) is 1. The molecule has 0 saturated heterocycles. The topological polar surface area (TPSA) is 41.8 Å². The molecule has 3 N–H and O–H groups in total. The lowest BCUT2D eigenvalue weighted by molar-refractivity contribution is 0.963. The Bertz CT molecular complexity index is 420. The van der Waals surface area contributed by atoms with Gasteiger partial charge < -0.3 is 10.7 Å². The van der Waals surface area contributed by atoms with Gasteiger partial charge in [-0.05, 0) is 31.5 Å². The number of H-pyrrole nitrogens is 1. The Morgan fingerprint density at radius 1 is 1.29 bits per heavy atom. The van der Waals surface area contributed by atoms with E-state index < -0.39 is 0 Å². The number of para-hydroxylation sites is 1. The van der Waals surface area contributed by atoms with Gasteiger partial charge in [-0.15, -0.1) is 12.4 Å². The first kappa shape index (κ1) is 11.1. The van der Waals surface area contributed by atoms with Gasteiger partial charge in [-0.3, -0.25) is 0 Å². The molecule has 0 aliphatic heterocycles. The van der Waals surface area contributed by atoms with Crippen LogP contribution < -0.4 is 5.73 Å².